The molecule has 0 bridgehead atoms. The lowest BCUT2D eigenvalue weighted by molar-refractivity contribution is 0.568. The van der Waals surface area contributed by atoms with Crippen LogP contribution in [0, 0.1) is 5.92 Å². The molecule has 0 spiro atoms. The molecule has 4 rings (SSSR count). The average Bonchev–Trinajstić information content (AvgIpc) is 3.05. The SMILES string of the molecule is CC1=C(C)C(C[SiH](c2ccccc2)c2ccccc2)C(c2cc(C(C)(C)C)cc(C(C)(C)C)c2)=C1C. The lowest BCUT2D eigenvalue weighted by Crippen LogP contribution is -2.43. The predicted octanol–water partition coefficient (Wildman–Crippen LogP) is 8.06. The zero-order valence-corrected chi connectivity index (χ0v) is 25.0. The molecule has 0 N–H and O–H groups in total. The summed E-state index contributed by atoms with van der Waals surface area (Å²) in [6.45, 7) is 21.1. The topological polar surface area (TPSA) is 0 Å². The number of rotatable bonds is 5. The Morgan fingerprint density at radius 3 is 1.47 bits per heavy atom. The van der Waals surface area contributed by atoms with Crippen LogP contribution in [0.3, 0.4) is 0 Å². The Kier molecular flexibility index (Phi) is 7.35. The van der Waals surface area contributed by atoms with E-state index in [1.165, 1.54) is 44.3 Å². The first-order valence-electron chi connectivity index (χ1n) is 13.5. The Labute approximate surface area is 221 Å². The van der Waals surface area contributed by atoms with Crippen molar-refractivity contribution in [2.75, 3.05) is 0 Å². The minimum atomic E-state index is -1.42. The molecular formula is C35H44Si. The van der Waals surface area contributed by atoms with E-state index in [1.807, 2.05) is 0 Å². The molecule has 1 heteroatoms. The molecule has 0 saturated carbocycles. The summed E-state index contributed by atoms with van der Waals surface area (Å²) in [4.78, 5) is 0. The van der Waals surface area contributed by atoms with Gasteiger partial charge in [-0.15, -0.1) is 0 Å². The summed E-state index contributed by atoms with van der Waals surface area (Å²) in [6, 6.07) is 31.2. The van der Waals surface area contributed by atoms with Gasteiger partial charge in [0, 0.05) is 5.92 Å². The molecule has 0 heterocycles. The van der Waals surface area contributed by atoms with Crippen molar-refractivity contribution in [3.8, 4) is 0 Å². The van der Waals surface area contributed by atoms with E-state index in [2.05, 4.69) is 141 Å². The molecule has 3 aromatic rings. The molecule has 0 radical (unpaired) electrons. The Bertz CT molecular complexity index is 1210. The number of hydrogen-bond donors (Lipinski definition) is 0. The fourth-order valence-electron chi connectivity index (χ4n) is 5.67. The van der Waals surface area contributed by atoms with Crippen LogP contribution >= 0.6 is 0 Å². The van der Waals surface area contributed by atoms with Crippen molar-refractivity contribution < 1.29 is 0 Å². The van der Waals surface area contributed by atoms with Crippen LogP contribution in [0.1, 0.15) is 79.0 Å². The first kappa shape index (κ1) is 26.4. The molecular weight excluding hydrogens is 448 g/mol. The standard InChI is InChI=1S/C35H44Si/c1-24-25(2)32(23-36(30-16-12-10-13-17-30)31-18-14-11-15-19-31)33(26(24)3)27-20-28(34(4,5)6)22-29(21-27)35(7,8)9/h10-22,32,36H,23H2,1-9H3. The second kappa shape index (κ2) is 10.0. The van der Waals surface area contributed by atoms with Crippen molar-refractivity contribution in [1.29, 1.82) is 0 Å². The lowest BCUT2D eigenvalue weighted by atomic mass is 9.77. The van der Waals surface area contributed by atoms with E-state index in [0.717, 1.165) is 0 Å². The zero-order chi connectivity index (χ0) is 26.3. The molecule has 1 aliphatic carbocycles. The quantitative estimate of drug-likeness (QED) is 0.316. The largest absolute Gasteiger partial charge is 0.104 e. The number of allylic oxidation sites excluding steroid dienone is 4. The van der Waals surface area contributed by atoms with Crippen LogP contribution in [-0.2, 0) is 10.8 Å². The van der Waals surface area contributed by atoms with Crippen LogP contribution in [0.4, 0.5) is 0 Å². The molecule has 0 saturated heterocycles. The normalized spacial score (nSPS) is 16.9. The average molecular weight is 493 g/mol. The summed E-state index contributed by atoms with van der Waals surface area (Å²) in [7, 11) is -1.42. The maximum atomic E-state index is 2.49. The highest BCUT2D eigenvalue weighted by Crippen LogP contribution is 2.46. The van der Waals surface area contributed by atoms with Gasteiger partial charge in [-0.1, -0.05) is 136 Å². The van der Waals surface area contributed by atoms with Crippen LogP contribution in [-0.4, -0.2) is 8.80 Å². The van der Waals surface area contributed by atoms with Crippen LogP contribution in [0.25, 0.3) is 5.57 Å². The molecule has 0 nitrogen and oxygen atoms in total. The van der Waals surface area contributed by atoms with Gasteiger partial charge in [-0.05, 0) is 71.1 Å². The number of benzene rings is 3. The lowest BCUT2D eigenvalue weighted by Gasteiger charge is -2.29. The Morgan fingerprint density at radius 1 is 0.611 bits per heavy atom. The third-order valence-electron chi connectivity index (χ3n) is 8.28. The smallest absolute Gasteiger partial charge is 0.0629 e. The molecule has 0 aliphatic heterocycles. The van der Waals surface area contributed by atoms with Crippen molar-refractivity contribution in [2.24, 2.45) is 5.92 Å². The Morgan fingerprint density at radius 2 is 1.06 bits per heavy atom. The minimum Gasteiger partial charge on any atom is -0.0629 e. The van der Waals surface area contributed by atoms with Crippen molar-refractivity contribution in [3.63, 3.8) is 0 Å². The first-order chi connectivity index (χ1) is 16.9. The highest BCUT2D eigenvalue weighted by molar-refractivity contribution is 6.85. The maximum Gasteiger partial charge on any atom is 0.104 e. The van der Waals surface area contributed by atoms with E-state index in [4.69, 9.17) is 0 Å². The fourth-order valence-corrected chi connectivity index (χ4v) is 9.03. The second-order valence-electron chi connectivity index (χ2n) is 12.8. The van der Waals surface area contributed by atoms with Gasteiger partial charge in [0.25, 0.3) is 0 Å². The molecule has 1 unspecified atom stereocenters. The molecule has 0 aromatic heterocycles. The van der Waals surface area contributed by atoms with Crippen LogP contribution in [0.5, 0.6) is 0 Å². The van der Waals surface area contributed by atoms with Gasteiger partial charge in [0.15, 0.2) is 0 Å². The van der Waals surface area contributed by atoms with Crippen molar-refractivity contribution in [2.45, 2.75) is 79.2 Å². The van der Waals surface area contributed by atoms with Gasteiger partial charge in [-0.25, -0.2) is 0 Å². The molecule has 0 fully saturated rings. The van der Waals surface area contributed by atoms with Crippen molar-refractivity contribution >= 4 is 24.7 Å². The molecule has 188 valence electrons. The van der Waals surface area contributed by atoms with E-state index >= 15 is 0 Å². The van der Waals surface area contributed by atoms with Gasteiger partial charge in [-0.2, -0.15) is 0 Å². The van der Waals surface area contributed by atoms with Gasteiger partial charge >= 0.3 is 0 Å². The maximum absolute atomic E-state index is 2.49. The summed E-state index contributed by atoms with van der Waals surface area (Å²) < 4.78 is 0. The van der Waals surface area contributed by atoms with Gasteiger partial charge in [0.05, 0.1) is 0 Å². The molecule has 36 heavy (non-hydrogen) atoms. The predicted molar refractivity (Wildman–Crippen MR) is 162 cm³/mol. The van der Waals surface area contributed by atoms with E-state index in [1.54, 1.807) is 11.1 Å². The highest BCUT2D eigenvalue weighted by atomic mass is 28.3. The monoisotopic (exact) mass is 492 g/mol. The second-order valence-corrected chi connectivity index (χ2v) is 15.7. The van der Waals surface area contributed by atoms with E-state index in [9.17, 15) is 0 Å². The molecule has 1 atom stereocenters. The summed E-state index contributed by atoms with van der Waals surface area (Å²) in [5, 5.41) is 3.08. The van der Waals surface area contributed by atoms with E-state index in [-0.39, 0.29) is 10.8 Å². The van der Waals surface area contributed by atoms with E-state index < -0.39 is 8.80 Å². The van der Waals surface area contributed by atoms with Gasteiger partial charge in [0.2, 0.25) is 0 Å². The number of hydrogen-bond acceptors (Lipinski definition) is 0. The summed E-state index contributed by atoms with van der Waals surface area (Å²) >= 11 is 0. The summed E-state index contributed by atoms with van der Waals surface area (Å²) in [5.41, 5.74) is 10.6. The Hall–Kier alpha value is -2.64. The fraction of sp³-hybridized carbons (Fsp3) is 0.371. The van der Waals surface area contributed by atoms with Gasteiger partial charge in [0.1, 0.15) is 8.80 Å². The van der Waals surface area contributed by atoms with Crippen LogP contribution in [0.2, 0.25) is 6.04 Å². The minimum absolute atomic E-state index is 0.113. The summed E-state index contributed by atoms with van der Waals surface area (Å²) in [5.74, 6) is 0.463. The van der Waals surface area contributed by atoms with Crippen LogP contribution in [0.15, 0.2) is 95.6 Å². The van der Waals surface area contributed by atoms with Crippen molar-refractivity contribution in [3.05, 3.63) is 112 Å². The Balaban J connectivity index is 1.86. The molecule has 3 aromatic carbocycles. The van der Waals surface area contributed by atoms with Crippen LogP contribution < -0.4 is 10.4 Å². The zero-order valence-electron chi connectivity index (χ0n) is 23.9. The highest BCUT2D eigenvalue weighted by Gasteiger charge is 2.33. The third kappa shape index (κ3) is 5.37. The first-order valence-corrected chi connectivity index (χ1v) is 15.5. The van der Waals surface area contributed by atoms with E-state index in [0.29, 0.717) is 5.92 Å². The van der Waals surface area contributed by atoms with Gasteiger partial charge in [-0.3, -0.25) is 0 Å². The molecule has 0 amide bonds. The van der Waals surface area contributed by atoms with Crippen molar-refractivity contribution in [1.82, 2.24) is 0 Å². The third-order valence-corrected chi connectivity index (χ3v) is 11.6. The summed E-state index contributed by atoms with van der Waals surface area (Å²) in [6.07, 6.45) is 0. The van der Waals surface area contributed by atoms with Gasteiger partial charge < -0.3 is 0 Å². The molecule has 1 aliphatic rings.